The van der Waals surface area contributed by atoms with Gasteiger partial charge in [0.25, 0.3) is 0 Å². The number of hydrogen-bond acceptors (Lipinski definition) is 3. The number of aromatic carboxylic acids is 1. The second-order valence-electron chi connectivity index (χ2n) is 4.23. The zero-order valence-corrected chi connectivity index (χ0v) is 12.1. The summed E-state index contributed by atoms with van der Waals surface area (Å²) >= 11 is 2.03. The van der Waals surface area contributed by atoms with Crippen LogP contribution in [-0.2, 0) is 16.1 Å². The largest absolute Gasteiger partial charge is 0.478 e. The predicted molar refractivity (Wildman–Crippen MR) is 74.5 cm³/mol. The maximum Gasteiger partial charge on any atom is 0.336 e. The van der Waals surface area contributed by atoms with E-state index in [4.69, 9.17) is 14.6 Å². The number of hydrogen-bond donors (Lipinski definition) is 1. The molecule has 1 heterocycles. The second kappa shape index (κ2) is 6.49. The summed E-state index contributed by atoms with van der Waals surface area (Å²) < 4.78 is 11.9. The van der Waals surface area contributed by atoms with E-state index in [0.29, 0.717) is 12.2 Å². The van der Waals surface area contributed by atoms with Gasteiger partial charge in [0, 0.05) is 10.2 Å². The summed E-state index contributed by atoms with van der Waals surface area (Å²) in [5.74, 6) is -0.900. The lowest BCUT2D eigenvalue weighted by atomic mass is 10.1. The van der Waals surface area contributed by atoms with E-state index in [-0.39, 0.29) is 6.29 Å². The lowest BCUT2D eigenvalue weighted by molar-refractivity contribution is -0.168. The molecule has 0 saturated carbocycles. The molecule has 0 aromatic heterocycles. The summed E-state index contributed by atoms with van der Waals surface area (Å²) in [5.41, 5.74) is 1.30. The average Bonchev–Trinajstić information content (AvgIpc) is 2.37. The van der Waals surface area contributed by atoms with Crippen molar-refractivity contribution < 1.29 is 19.4 Å². The van der Waals surface area contributed by atoms with Crippen LogP contribution in [0.25, 0.3) is 0 Å². The van der Waals surface area contributed by atoms with Crippen molar-refractivity contribution in [2.75, 3.05) is 6.61 Å². The third kappa shape index (κ3) is 3.66. The summed E-state index contributed by atoms with van der Waals surface area (Å²) in [6.07, 6.45) is 3.06. The molecule has 1 fully saturated rings. The van der Waals surface area contributed by atoms with Crippen LogP contribution >= 0.6 is 22.6 Å². The average molecular weight is 362 g/mol. The van der Waals surface area contributed by atoms with E-state index in [9.17, 15) is 4.79 Å². The molecule has 0 spiro atoms. The second-order valence-corrected chi connectivity index (χ2v) is 5.39. The quantitative estimate of drug-likeness (QED) is 0.837. The zero-order valence-electron chi connectivity index (χ0n) is 9.89. The van der Waals surface area contributed by atoms with Gasteiger partial charge < -0.3 is 14.6 Å². The molecule has 0 amide bonds. The number of benzene rings is 1. The standard InChI is InChI=1S/C13H15IO4/c14-11-7-9(4-5-10(11)13(15)16)8-18-12-3-1-2-6-17-12/h4-5,7,12H,1-3,6,8H2,(H,15,16). The molecule has 18 heavy (non-hydrogen) atoms. The molecule has 2 rings (SSSR count). The Morgan fingerprint density at radius 3 is 2.94 bits per heavy atom. The number of rotatable bonds is 4. The monoisotopic (exact) mass is 362 g/mol. The Morgan fingerprint density at radius 2 is 2.33 bits per heavy atom. The Hall–Kier alpha value is -0.660. The highest BCUT2D eigenvalue weighted by Gasteiger charge is 2.14. The van der Waals surface area contributed by atoms with Crippen LogP contribution in [0.4, 0.5) is 0 Å². The topological polar surface area (TPSA) is 55.8 Å². The lowest BCUT2D eigenvalue weighted by Crippen LogP contribution is -2.22. The predicted octanol–water partition coefficient (Wildman–Crippen LogP) is 3.03. The van der Waals surface area contributed by atoms with Gasteiger partial charge in [0.1, 0.15) is 0 Å². The van der Waals surface area contributed by atoms with Gasteiger partial charge in [-0.2, -0.15) is 0 Å². The van der Waals surface area contributed by atoms with Gasteiger partial charge in [-0.05, 0) is 59.5 Å². The molecule has 4 nitrogen and oxygen atoms in total. The molecule has 98 valence electrons. The van der Waals surface area contributed by atoms with Crippen molar-refractivity contribution in [3.63, 3.8) is 0 Å². The molecule has 0 aliphatic carbocycles. The van der Waals surface area contributed by atoms with Crippen LogP contribution in [0.1, 0.15) is 35.2 Å². The molecule has 0 bridgehead atoms. The first kappa shape index (κ1) is 13.8. The number of carboxylic acids is 1. The highest BCUT2D eigenvalue weighted by molar-refractivity contribution is 14.1. The third-order valence-corrected chi connectivity index (χ3v) is 3.73. The SMILES string of the molecule is O=C(O)c1ccc(COC2CCCCO2)cc1I. The number of carbonyl (C=O) groups is 1. The summed E-state index contributed by atoms with van der Waals surface area (Å²) in [5, 5.41) is 8.93. The van der Waals surface area contributed by atoms with E-state index in [0.717, 1.165) is 35.0 Å². The van der Waals surface area contributed by atoms with Gasteiger partial charge >= 0.3 is 5.97 Å². The fourth-order valence-corrected chi connectivity index (χ4v) is 2.66. The number of ether oxygens (including phenoxy) is 2. The fraction of sp³-hybridized carbons (Fsp3) is 0.462. The Kier molecular flexibility index (Phi) is 4.96. The van der Waals surface area contributed by atoms with Crippen molar-refractivity contribution >= 4 is 28.6 Å². The Morgan fingerprint density at radius 1 is 1.50 bits per heavy atom. The summed E-state index contributed by atoms with van der Waals surface area (Å²) in [7, 11) is 0. The molecule has 1 unspecified atom stereocenters. The Bertz CT molecular complexity index is 427. The van der Waals surface area contributed by atoms with Gasteiger partial charge in [0.05, 0.1) is 12.2 Å². The van der Waals surface area contributed by atoms with Crippen LogP contribution in [0.5, 0.6) is 0 Å². The summed E-state index contributed by atoms with van der Waals surface area (Å²) in [6, 6.07) is 5.24. The van der Waals surface area contributed by atoms with Crippen molar-refractivity contribution in [3.05, 3.63) is 32.9 Å². The first-order valence-corrected chi connectivity index (χ1v) is 6.99. The highest BCUT2D eigenvalue weighted by Crippen LogP contribution is 2.18. The van der Waals surface area contributed by atoms with Crippen molar-refractivity contribution in [3.8, 4) is 0 Å². The molecule has 1 aromatic carbocycles. The van der Waals surface area contributed by atoms with E-state index in [1.165, 1.54) is 0 Å². The Balaban J connectivity index is 1.93. The summed E-state index contributed by atoms with van der Waals surface area (Å²) in [6.45, 7) is 1.22. The minimum Gasteiger partial charge on any atom is -0.478 e. The van der Waals surface area contributed by atoms with Gasteiger partial charge in [-0.25, -0.2) is 4.79 Å². The zero-order chi connectivity index (χ0) is 13.0. The van der Waals surface area contributed by atoms with E-state index >= 15 is 0 Å². The van der Waals surface area contributed by atoms with E-state index < -0.39 is 5.97 Å². The summed E-state index contributed by atoms with van der Waals surface area (Å²) in [4.78, 5) is 10.9. The van der Waals surface area contributed by atoms with Crippen LogP contribution < -0.4 is 0 Å². The van der Waals surface area contributed by atoms with Gasteiger partial charge in [-0.3, -0.25) is 0 Å². The lowest BCUT2D eigenvalue weighted by Gasteiger charge is -2.22. The normalized spacial score (nSPS) is 19.7. The van der Waals surface area contributed by atoms with Gasteiger partial charge in [0.2, 0.25) is 0 Å². The van der Waals surface area contributed by atoms with E-state index in [1.807, 2.05) is 28.7 Å². The molecule has 5 heteroatoms. The molecule has 1 saturated heterocycles. The van der Waals surface area contributed by atoms with Crippen LogP contribution in [-0.4, -0.2) is 24.0 Å². The van der Waals surface area contributed by atoms with Gasteiger partial charge in [-0.15, -0.1) is 0 Å². The first-order chi connectivity index (χ1) is 8.66. The molecule has 1 aliphatic rings. The highest BCUT2D eigenvalue weighted by atomic mass is 127. The number of carboxylic acid groups (broad SMARTS) is 1. The molecule has 1 aliphatic heterocycles. The molecular weight excluding hydrogens is 347 g/mol. The van der Waals surface area contributed by atoms with E-state index in [2.05, 4.69) is 0 Å². The van der Waals surface area contributed by atoms with Crippen LogP contribution in [0, 0.1) is 3.57 Å². The third-order valence-electron chi connectivity index (χ3n) is 2.84. The maximum atomic E-state index is 10.9. The van der Waals surface area contributed by atoms with Crippen molar-refractivity contribution in [1.29, 1.82) is 0 Å². The smallest absolute Gasteiger partial charge is 0.336 e. The Labute approximate surface area is 119 Å². The minimum absolute atomic E-state index is 0.115. The van der Waals surface area contributed by atoms with Crippen LogP contribution in [0.2, 0.25) is 0 Å². The molecule has 1 N–H and O–H groups in total. The van der Waals surface area contributed by atoms with Crippen molar-refractivity contribution in [2.24, 2.45) is 0 Å². The number of halogens is 1. The van der Waals surface area contributed by atoms with E-state index in [1.54, 1.807) is 12.1 Å². The van der Waals surface area contributed by atoms with Crippen LogP contribution in [0.15, 0.2) is 18.2 Å². The molecule has 1 atom stereocenters. The molecular formula is C13H15IO4. The van der Waals surface area contributed by atoms with Crippen molar-refractivity contribution in [2.45, 2.75) is 32.2 Å². The maximum absolute atomic E-state index is 10.9. The molecule has 1 aromatic rings. The van der Waals surface area contributed by atoms with Gasteiger partial charge in [-0.1, -0.05) is 6.07 Å². The first-order valence-electron chi connectivity index (χ1n) is 5.92. The fourth-order valence-electron chi connectivity index (χ4n) is 1.85. The molecule has 0 radical (unpaired) electrons. The van der Waals surface area contributed by atoms with Crippen LogP contribution in [0.3, 0.4) is 0 Å². The van der Waals surface area contributed by atoms with Gasteiger partial charge in [0.15, 0.2) is 6.29 Å². The minimum atomic E-state index is -0.900. The van der Waals surface area contributed by atoms with Crippen molar-refractivity contribution in [1.82, 2.24) is 0 Å².